The second kappa shape index (κ2) is 13.6. The van der Waals surface area contributed by atoms with Crippen molar-refractivity contribution in [1.29, 1.82) is 0 Å². The molecule has 1 saturated carbocycles. The number of carbonyl (C=O) groups is 3. The Labute approximate surface area is 190 Å². The lowest BCUT2D eigenvalue weighted by atomic mass is 9.82. The second-order valence-electron chi connectivity index (χ2n) is 9.26. The van der Waals surface area contributed by atoms with Gasteiger partial charge in [0, 0.05) is 25.0 Å². The van der Waals surface area contributed by atoms with Crippen molar-refractivity contribution in [2.45, 2.75) is 77.9 Å². The van der Waals surface area contributed by atoms with E-state index in [4.69, 9.17) is 9.84 Å². The lowest BCUT2D eigenvalue weighted by Crippen LogP contribution is -2.41. The van der Waals surface area contributed by atoms with Crippen LogP contribution < -0.4 is 21.4 Å². The predicted molar refractivity (Wildman–Crippen MR) is 123 cm³/mol. The summed E-state index contributed by atoms with van der Waals surface area (Å²) in [7, 11) is 0. The zero-order valence-electron chi connectivity index (χ0n) is 19.7. The summed E-state index contributed by atoms with van der Waals surface area (Å²) >= 11 is 0. The minimum atomic E-state index is -0.742. The van der Waals surface area contributed by atoms with Gasteiger partial charge in [0.05, 0.1) is 12.0 Å². The Hall–Kier alpha value is -2.78. The molecule has 0 aromatic carbocycles. The zero-order chi connectivity index (χ0) is 24.1. The standard InChI is InChI=1S/C22H39N5O5/c1-15(2)23-12-6-7-18(26-21(31)32-22(3,4)5)14-25-27-20(30)24-13-16-8-10-17(11-9-16)19(28)29/h14,16-18,23H,1,6-13H2,2-5H3,(H,26,31)(H,28,29)(H2,24,27,30)/b25-14-/t16?,17?,18-/m0/s1. The average Bonchev–Trinajstić information content (AvgIpc) is 2.68. The smallest absolute Gasteiger partial charge is 0.408 e. The Morgan fingerprint density at radius 3 is 2.41 bits per heavy atom. The van der Waals surface area contributed by atoms with Gasteiger partial charge in [-0.1, -0.05) is 6.58 Å². The maximum absolute atomic E-state index is 12.1. The van der Waals surface area contributed by atoms with Gasteiger partial charge in [-0.3, -0.25) is 4.79 Å². The van der Waals surface area contributed by atoms with Crippen LogP contribution in [-0.4, -0.2) is 54.1 Å². The van der Waals surface area contributed by atoms with Crippen LogP contribution in [-0.2, 0) is 9.53 Å². The fourth-order valence-electron chi connectivity index (χ4n) is 3.34. The fraction of sp³-hybridized carbons (Fsp3) is 0.727. The van der Waals surface area contributed by atoms with Crippen molar-refractivity contribution in [3.05, 3.63) is 12.3 Å². The number of hydrazone groups is 1. The second-order valence-corrected chi connectivity index (χ2v) is 9.26. The van der Waals surface area contributed by atoms with E-state index in [0.29, 0.717) is 32.4 Å². The Morgan fingerprint density at radius 1 is 1.19 bits per heavy atom. The molecule has 0 aromatic rings. The Balaban J connectivity index is 2.44. The topological polar surface area (TPSA) is 141 Å². The molecule has 1 fully saturated rings. The molecule has 0 unspecified atom stereocenters. The molecule has 182 valence electrons. The van der Waals surface area contributed by atoms with Crippen LogP contribution in [0, 0.1) is 11.8 Å². The Morgan fingerprint density at radius 2 is 1.84 bits per heavy atom. The highest BCUT2D eigenvalue weighted by Crippen LogP contribution is 2.28. The quantitative estimate of drug-likeness (QED) is 0.185. The molecular weight excluding hydrogens is 414 g/mol. The zero-order valence-corrected chi connectivity index (χ0v) is 19.7. The summed E-state index contributed by atoms with van der Waals surface area (Å²) in [5.41, 5.74) is 2.66. The summed E-state index contributed by atoms with van der Waals surface area (Å²) in [5, 5.41) is 21.7. The summed E-state index contributed by atoms with van der Waals surface area (Å²) < 4.78 is 5.29. The number of nitrogens with one attached hydrogen (secondary N) is 4. The third-order valence-corrected chi connectivity index (χ3v) is 4.99. The molecule has 0 aromatic heterocycles. The van der Waals surface area contributed by atoms with Crippen LogP contribution in [0.25, 0.3) is 0 Å². The molecule has 0 aliphatic heterocycles. The van der Waals surface area contributed by atoms with Gasteiger partial charge in [-0.25, -0.2) is 15.0 Å². The van der Waals surface area contributed by atoms with Gasteiger partial charge in [0.2, 0.25) is 0 Å². The van der Waals surface area contributed by atoms with Gasteiger partial charge in [0.15, 0.2) is 0 Å². The number of hydrogen-bond donors (Lipinski definition) is 5. The molecule has 1 aliphatic carbocycles. The molecule has 1 rings (SSSR count). The van der Waals surface area contributed by atoms with E-state index >= 15 is 0 Å². The molecule has 10 nitrogen and oxygen atoms in total. The van der Waals surface area contributed by atoms with E-state index in [2.05, 4.69) is 33.1 Å². The fourth-order valence-corrected chi connectivity index (χ4v) is 3.34. The van der Waals surface area contributed by atoms with Crippen LogP contribution in [0.5, 0.6) is 0 Å². The van der Waals surface area contributed by atoms with E-state index in [1.807, 2.05) is 6.92 Å². The molecule has 0 heterocycles. The molecule has 1 atom stereocenters. The van der Waals surface area contributed by atoms with E-state index < -0.39 is 29.7 Å². The number of carboxylic acids is 1. The number of alkyl carbamates (subject to hydrolysis) is 1. The molecule has 3 amide bonds. The highest BCUT2D eigenvalue weighted by molar-refractivity contribution is 5.78. The first-order valence-electron chi connectivity index (χ1n) is 11.1. The summed E-state index contributed by atoms with van der Waals surface area (Å²) in [6.45, 7) is 12.2. The number of rotatable bonds is 11. The van der Waals surface area contributed by atoms with Crippen molar-refractivity contribution in [1.82, 2.24) is 21.4 Å². The van der Waals surface area contributed by atoms with Crippen molar-refractivity contribution in [2.24, 2.45) is 16.9 Å². The van der Waals surface area contributed by atoms with Gasteiger partial charge in [-0.05, 0) is 72.1 Å². The number of hydrogen-bond acceptors (Lipinski definition) is 6. The lowest BCUT2D eigenvalue weighted by molar-refractivity contribution is -0.143. The molecule has 0 saturated heterocycles. The Bertz CT molecular complexity index is 666. The van der Waals surface area contributed by atoms with Crippen LogP contribution in [0.2, 0.25) is 0 Å². The summed E-state index contributed by atoms with van der Waals surface area (Å²) in [4.78, 5) is 35.1. The molecule has 5 N–H and O–H groups in total. The molecule has 0 spiro atoms. The summed E-state index contributed by atoms with van der Waals surface area (Å²) in [5.74, 6) is -0.749. The maximum atomic E-state index is 12.1. The van der Waals surface area contributed by atoms with E-state index in [-0.39, 0.29) is 11.8 Å². The molecule has 0 radical (unpaired) electrons. The molecule has 10 heteroatoms. The SMILES string of the molecule is C=C(C)NCCC[C@@H](/C=N\NC(=O)NCC1CCC(C(=O)O)CC1)NC(=O)OC(C)(C)C. The number of carbonyl (C=O) groups excluding carboxylic acids is 2. The van der Waals surface area contributed by atoms with Gasteiger partial charge in [-0.2, -0.15) is 5.10 Å². The van der Waals surface area contributed by atoms with Gasteiger partial charge in [0.25, 0.3) is 0 Å². The largest absolute Gasteiger partial charge is 0.481 e. The predicted octanol–water partition coefficient (Wildman–Crippen LogP) is 2.96. The number of nitrogens with zero attached hydrogens (tertiary/aromatic N) is 1. The number of allylic oxidation sites excluding steroid dienone is 1. The normalized spacial score (nSPS) is 19.6. The van der Waals surface area contributed by atoms with Gasteiger partial charge < -0.3 is 25.8 Å². The molecule has 0 bridgehead atoms. The molecular formula is C22H39N5O5. The van der Waals surface area contributed by atoms with Crippen LogP contribution in [0.3, 0.4) is 0 Å². The monoisotopic (exact) mass is 453 g/mol. The van der Waals surface area contributed by atoms with Crippen molar-refractivity contribution in [3.8, 4) is 0 Å². The van der Waals surface area contributed by atoms with Crippen LogP contribution in [0.15, 0.2) is 17.4 Å². The third kappa shape index (κ3) is 12.8. The van der Waals surface area contributed by atoms with Crippen molar-refractivity contribution >= 4 is 24.3 Å². The third-order valence-electron chi connectivity index (χ3n) is 4.99. The van der Waals surface area contributed by atoms with Gasteiger partial charge in [-0.15, -0.1) is 0 Å². The van der Waals surface area contributed by atoms with Crippen LogP contribution in [0.4, 0.5) is 9.59 Å². The van der Waals surface area contributed by atoms with Crippen molar-refractivity contribution in [2.75, 3.05) is 13.1 Å². The number of ether oxygens (including phenoxy) is 1. The van der Waals surface area contributed by atoms with Gasteiger partial charge in [0.1, 0.15) is 5.60 Å². The molecule has 32 heavy (non-hydrogen) atoms. The van der Waals surface area contributed by atoms with Crippen molar-refractivity contribution in [3.63, 3.8) is 0 Å². The van der Waals surface area contributed by atoms with E-state index in [0.717, 1.165) is 25.0 Å². The van der Waals surface area contributed by atoms with Gasteiger partial charge >= 0.3 is 18.1 Å². The number of carboxylic acid groups (broad SMARTS) is 1. The summed E-state index contributed by atoms with van der Waals surface area (Å²) in [6, 6.07) is -0.857. The Kier molecular flexibility index (Phi) is 11.6. The first kappa shape index (κ1) is 27.3. The number of aliphatic carboxylic acids is 1. The molecule has 1 aliphatic rings. The van der Waals surface area contributed by atoms with E-state index in [9.17, 15) is 14.4 Å². The average molecular weight is 454 g/mol. The minimum absolute atomic E-state index is 0.266. The summed E-state index contributed by atoms with van der Waals surface area (Å²) in [6.07, 6.45) is 5.11. The number of urea groups is 1. The highest BCUT2D eigenvalue weighted by Gasteiger charge is 2.26. The van der Waals surface area contributed by atoms with E-state index in [1.165, 1.54) is 6.21 Å². The highest BCUT2D eigenvalue weighted by atomic mass is 16.6. The first-order chi connectivity index (χ1) is 15.0. The van der Waals surface area contributed by atoms with Crippen LogP contribution >= 0.6 is 0 Å². The van der Waals surface area contributed by atoms with Crippen molar-refractivity contribution < 1.29 is 24.2 Å². The van der Waals surface area contributed by atoms with E-state index in [1.54, 1.807) is 20.8 Å². The first-order valence-corrected chi connectivity index (χ1v) is 11.1. The maximum Gasteiger partial charge on any atom is 0.408 e. The van der Waals surface area contributed by atoms with Crippen LogP contribution in [0.1, 0.15) is 66.2 Å². The minimum Gasteiger partial charge on any atom is -0.481 e. The lowest BCUT2D eigenvalue weighted by Gasteiger charge is -2.26. The number of amides is 3.